The second-order valence-electron chi connectivity index (χ2n) is 4.26. The van der Waals surface area contributed by atoms with Crippen LogP contribution in [0.3, 0.4) is 0 Å². The van der Waals surface area contributed by atoms with Crippen LogP contribution in [0.15, 0.2) is 18.2 Å². The number of sulfone groups is 1. The van der Waals surface area contributed by atoms with Crippen LogP contribution in [0.1, 0.15) is 24.4 Å². The molecule has 6 heteroatoms. The Morgan fingerprint density at radius 1 is 1.44 bits per heavy atom. The fourth-order valence-electron chi connectivity index (χ4n) is 1.71. The highest BCUT2D eigenvalue weighted by atomic mass is 35.5. The van der Waals surface area contributed by atoms with E-state index in [1.807, 2.05) is 6.07 Å². The average Bonchev–Trinajstić information content (AvgIpc) is 2.26. The average molecular weight is 292 g/mol. The van der Waals surface area contributed by atoms with Crippen molar-refractivity contribution in [2.75, 3.05) is 19.1 Å². The molecule has 0 aliphatic heterocycles. The summed E-state index contributed by atoms with van der Waals surface area (Å²) in [4.78, 5) is 0. The number of methoxy groups -OCH3 is 1. The van der Waals surface area contributed by atoms with E-state index in [-0.39, 0.29) is 11.8 Å². The Balaban J connectivity index is 2.69. The predicted molar refractivity (Wildman–Crippen MR) is 73.9 cm³/mol. The molecule has 18 heavy (non-hydrogen) atoms. The zero-order chi connectivity index (χ0) is 13.8. The van der Waals surface area contributed by atoms with Crippen molar-refractivity contribution >= 4 is 21.4 Å². The lowest BCUT2D eigenvalue weighted by molar-refractivity contribution is 0.404. The maximum Gasteiger partial charge on any atom is 0.147 e. The molecule has 0 radical (unpaired) electrons. The van der Waals surface area contributed by atoms with Crippen molar-refractivity contribution in [3.8, 4) is 5.75 Å². The van der Waals surface area contributed by atoms with Gasteiger partial charge in [-0.1, -0.05) is 17.7 Å². The summed E-state index contributed by atoms with van der Waals surface area (Å²) in [6, 6.07) is 5.01. The highest BCUT2D eigenvalue weighted by Crippen LogP contribution is 2.29. The van der Waals surface area contributed by atoms with Gasteiger partial charge in [-0.25, -0.2) is 8.42 Å². The Labute approximate surface area is 113 Å². The normalized spacial score (nSPS) is 13.3. The largest absolute Gasteiger partial charge is 0.496 e. The van der Waals surface area contributed by atoms with Crippen LogP contribution < -0.4 is 10.5 Å². The highest BCUT2D eigenvalue weighted by molar-refractivity contribution is 7.90. The van der Waals surface area contributed by atoms with E-state index >= 15 is 0 Å². The fraction of sp³-hybridized carbons (Fsp3) is 0.500. The molecule has 1 aromatic rings. The van der Waals surface area contributed by atoms with Crippen molar-refractivity contribution in [2.45, 2.75) is 18.9 Å². The second kappa shape index (κ2) is 6.41. The van der Waals surface area contributed by atoms with Crippen molar-refractivity contribution in [3.05, 3.63) is 28.8 Å². The first-order chi connectivity index (χ1) is 8.33. The molecule has 0 amide bonds. The van der Waals surface area contributed by atoms with Gasteiger partial charge in [-0.15, -0.1) is 0 Å². The third-order valence-corrected chi connectivity index (χ3v) is 3.89. The molecule has 0 bridgehead atoms. The van der Waals surface area contributed by atoms with E-state index in [4.69, 9.17) is 22.1 Å². The van der Waals surface area contributed by atoms with E-state index in [2.05, 4.69) is 0 Å². The summed E-state index contributed by atoms with van der Waals surface area (Å²) in [5, 5.41) is 0.582. The number of hydrogen-bond donors (Lipinski definition) is 1. The van der Waals surface area contributed by atoms with Crippen molar-refractivity contribution in [1.29, 1.82) is 0 Å². The molecule has 1 atom stereocenters. The molecule has 0 spiro atoms. The zero-order valence-corrected chi connectivity index (χ0v) is 12.1. The van der Waals surface area contributed by atoms with Crippen molar-refractivity contribution < 1.29 is 13.2 Å². The lowest BCUT2D eigenvalue weighted by Crippen LogP contribution is -2.13. The lowest BCUT2D eigenvalue weighted by atomic mass is 10.0. The maximum absolute atomic E-state index is 11.0. The van der Waals surface area contributed by atoms with Crippen LogP contribution in [0.4, 0.5) is 0 Å². The minimum atomic E-state index is -2.93. The van der Waals surface area contributed by atoms with Gasteiger partial charge in [0.1, 0.15) is 15.6 Å². The van der Waals surface area contributed by atoms with E-state index < -0.39 is 9.84 Å². The van der Waals surface area contributed by atoms with E-state index in [1.165, 1.54) is 6.26 Å². The zero-order valence-electron chi connectivity index (χ0n) is 10.5. The van der Waals surface area contributed by atoms with Gasteiger partial charge in [0.15, 0.2) is 0 Å². The van der Waals surface area contributed by atoms with Crippen LogP contribution >= 0.6 is 11.6 Å². The Bertz CT molecular complexity index is 502. The molecule has 1 unspecified atom stereocenters. The van der Waals surface area contributed by atoms with Crippen LogP contribution in [0.5, 0.6) is 5.75 Å². The molecule has 0 fully saturated rings. The number of hydrogen-bond acceptors (Lipinski definition) is 4. The van der Waals surface area contributed by atoms with Crippen molar-refractivity contribution in [2.24, 2.45) is 5.73 Å². The van der Waals surface area contributed by atoms with Gasteiger partial charge in [0.25, 0.3) is 0 Å². The standard InChI is InChI=1S/C12H18ClNO3S/c1-17-12-8-9(13)5-6-10(12)11(14)4-3-7-18(2,15)16/h5-6,8,11H,3-4,7,14H2,1-2H3. The highest BCUT2D eigenvalue weighted by Gasteiger charge is 2.13. The molecule has 4 nitrogen and oxygen atoms in total. The Morgan fingerprint density at radius 3 is 2.67 bits per heavy atom. The molecule has 102 valence electrons. The topological polar surface area (TPSA) is 69.4 Å². The van der Waals surface area contributed by atoms with Crippen LogP contribution in [0.25, 0.3) is 0 Å². The maximum atomic E-state index is 11.0. The number of halogens is 1. The molecule has 0 aromatic heterocycles. The van der Waals surface area contributed by atoms with Gasteiger partial charge in [-0.3, -0.25) is 0 Å². The smallest absolute Gasteiger partial charge is 0.147 e. The van der Waals surface area contributed by atoms with Crippen LogP contribution in [-0.2, 0) is 9.84 Å². The summed E-state index contributed by atoms with van der Waals surface area (Å²) in [5.74, 6) is 0.783. The van der Waals surface area contributed by atoms with Gasteiger partial charge in [0.2, 0.25) is 0 Å². The molecule has 2 N–H and O–H groups in total. The Morgan fingerprint density at radius 2 is 2.11 bits per heavy atom. The number of rotatable bonds is 6. The first-order valence-corrected chi connectivity index (χ1v) is 8.04. The first kappa shape index (κ1) is 15.3. The minimum absolute atomic E-state index is 0.149. The second-order valence-corrected chi connectivity index (χ2v) is 6.96. The van der Waals surface area contributed by atoms with E-state index in [9.17, 15) is 8.42 Å². The van der Waals surface area contributed by atoms with E-state index in [0.717, 1.165) is 5.56 Å². The van der Waals surface area contributed by atoms with Crippen molar-refractivity contribution in [1.82, 2.24) is 0 Å². The molecule has 0 aliphatic rings. The molecular weight excluding hydrogens is 274 g/mol. The SMILES string of the molecule is COc1cc(Cl)ccc1C(N)CCCS(C)(=O)=O. The van der Waals surface area contributed by atoms with Crippen LogP contribution in [0.2, 0.25) is 5.02 Å². The summed E-state index contributed by atoms with van der Waals surface area (Å²) >= 11 is 5.86. The van der Waals surface area contributed by atoms with Gasteiger partial charge in [-0.2, -0.15) is 0 Å². The third-order valence-electron chi connectivity index (χ3n) is 2.63. The summed E-state index contributed by atoms with van der Waals surface area (Å²) in [7, 11) is -1.38. The first-order valence-electron chi connectivity index (χ1n) is 5.60. The van der Waals surface area contributed by atoms with Crippen LogP contribution in [-0.4, -0.2) is 27.5 Å². The van der Waals surface area contributed by atoms with E-state index in [1.54, 1.807) is 19.2 Å². The van der Waals surface area contributed by atoms with Gasteiger partial charge < -0.3 is 10.5 Å². The number of benzene rings is 1. The number of ether oxygens (including phenoxy) is 1. The van der Waals surface area contributed by atoms with Gasteiger partial charge in [0, 0.05) is 28.6 Å². The molecule has 0 saturated heterocycles. The van der Waals surface area contributed by atoms with Gasteiger partial charge >= 0.3 is 0 Å². The third kappa shape index (κ3) is 4.84. The van der Waals surface area contributed by atoms with Gasteiger partial charge in [-0.05, 0) is 25.0 Å². The monoisotopic (exact) mass is 291 g/mol. The molecule has 0 saturated carbocycles. The Kier molecular flexibility index (Phi) is 5.44. The van der Waals surface area contributed by atoms with Crippen LogP contribution in [0, 0.1) is 0 Å². The minimum Gasteiger partial charge on any atom is -0.496 e. The molecule has 0 aliphatic carbocycles. The summed E-state index contributed by atoms with van der Waals surface area (Å²) < 4.78 is 27.3. The lowest BCUT2D eigenvalue weighted by Gasteiger charge is -2.15. The fourth-order valence-corrected chi connectivity index (χ4v) is 2.57. The quantitative estimate of drug-likeness (QED) is 0.872. The summed E-state index contributed by atoms with van der Waals surface area (Å²) in [6.45, 7) is 0. The molecular formula is C12H18ClNO3S. The van der Waals surface area contributed by atoms with Gasteiger partial charge in [0.05, 0.1) is 7.11 Å². The summed E-state index contributed by atoms with van der Waals surface area (Å²) in [5.41, 5.74) is 6.88. The molecule has 1 rings (SSSR count). The molecule has 1 aromatic carbocycles. The van der Waals surface area contributed by atoms with Crippen molar-refractivity contribution in [3.63, 3.8) is 0 Å². The molecule has 0 heterocycles. The van der Waals surface area contributed by atoms with E-state index in [0.29, 0.717) is 23.6 Å². The summed E-state index contributed by atoms with van der Waals surface area (Å²) in [6.07, 6.45) is 2.35. The predicted octanol–water partition coefficient (Wildman–Crippen LogP) is 2.17. The Hall–Kier alpha value is -0.780. The number of nitrogens with two attached hydrogens (primary N) is 1.